The Hall–Kier alpha value is -2.45. The summed E-state index contributed by atoms with van der Waals surface area (Å²) in [7, 11) is -2.40. The van der Waals surface area contributed by atoms with E-state index in [1.807, 2.05) is 0 Å². The Morgan fingerprint density at radius 1 is 1.21 bits per heavy atom. The number of nitrogens with two attached hydrogens (primary N) is 1. The number of methoxy groups -OCH3 is 1. The molecule has 0 atom stereocenters. The van der Waals surface area contributed by atoms with Gasteiger partial charge < -0.3 is 10.5 Å². The van der Waals surface area contributed by atoms with Crippen LogP contribution in [0.2, 0.25) is 0 Å². The number of sulfone groups is 1. The molecule has 3 aromatic rings. The van der Waals surface area contributed by atoms with Gasteiger partial charge >= 0.3 is 0 Å². The predicted octanol–water partition coefficient (Wildman–Crippen LogP) is 1.98. The van der Waals surface area contributed by atoms with Gasteiger partial charge in [0.1, 0.15) is 11.6 Å². The lowest BCUT2D eigenvalue weighted by Gasteiger charge is -2.03. The molecule has 0 spiro atoms. The molecular formula is C16H16FN3O3S. The van der Waals surface area contributed by atoms with Crippen LogP contribution in [0.1, 0.15) is 0 Å². The lowest BCUT2D eigenvalue weighted by molar-refractivity contribution is 0.415. The second-order valence-electron chi connectivity index (χ2n) is 5.16. The van der Waals surface area contributed by atoms with Crippen molar-refractivity contribution in [3.05, 3.63) is 48.3 Å². The predicted molar refractivity (Wildman–Crippen MR) is 87.2 cm³/mol. The van der Waals surface area contributed by atoms with Crippen molar-refractivity contribution in [2.45, 2.75) is 16.5 Å². The quantitative estimate of drug-likeness (QED) is 0.712. The smallest absolute Gasteiger partial charge is 0.226 e. The maximum absolute atomic E-state index is 13.1. The van der Waals surface area contributed by atoms with Gasteiger partial charge in [-0.25, -0.2) is 12.8 Å². The van der Waals surface area contributed by atoms with Crippen molar-refractivity contribution in [2.24, 2.45) is 5.73 Å². The molecule has 6 nitrogen and oxygen atoms in total. The molecule has 0 saturated carbocycles. The van der Waals surface area contributed by atoms with Crippen LogP contribution in [0, 0.1) is 5.82 Å². The van der Waals surface area contributed by atoms with Crippen LogP contribution < -0.4 is 10.5 Å². The number of nitrogens with zero attached hydrogens (tertiary/aromatic N) is 2. The van der Waals surface area contributed by atoms with Crippen molar-refractivity contribution in [1.29, 1.82) is 0 Å². The summed E-state index contributed by atoms with van der Waals surface area (Å²) in [4.78, 5) is -0.0222. The summed E-state index contributed by atoms with van der Waals surface area (Å²) >= 11 is 0. The third-order valence-corrected chi connectivity index (χ3v) is 5.35. The van der Waals surface area contributed by atoms with Crippen LogP contribution in [0.25, 0.3) is 10.9 Å². The van der Waals surface area contributed by atoms with E-state index in [-0.39, 0.29) is 9.92 Å². The third kappa shape index (κ3) is 2.74. The van der Waals surface area contributed by atoms with Crippen molar-refractivity contribution >= 4 is 20.7 Å². The highest BCUT2D eigenvalue weighted by Crippen LogP contribution is 2.30. The van der Waals surface area contributed by atoms with Crippen LogP contribution in [0.3, 0.4) is 0 Å². The third-order valence-electron chi connectivity index (χ3n) is 3.64. The number of halogens is 1. The molecule has 0 aliphatic heterocycles. The molecular weight excluding hydrogens is 333 g/mol. The summed E-state index contributed by atoms with van der Waals surface area (Å²) in [6.07, 6.45) is 0. The molecule has 0 aliphatic rings. The van der Waals surface area contributed by atoms with Gasteiger partial charge in [0.05, 0.1) is 24.1 Å². The Morgan fingerprint density at radius 3 is 2.54 bits per heavy atom. The summed E-state index contributed by atoms with van der Waals surface area (Å²) < 4.78 is 45.6. The fourth-order valence-corrected chi connectivity index (χ4v) is 3.85. The first-order valence-corrected chi connectivity index (χ1v) is 8.71. The molecule has 2 aromatic carbocycles. The fourth-order valence-electron chi connectivity index (χ4n) is 2.47. The number of ether oxygens (including phenoxy) is 1. The summed E-state index contributed by atoms with van der Waals surface area (Å²) in [5.74, 6) is 0.0134. The number of rotatable bonds is 5. The molecule has 24 heavy (non-hydrogen) atoms. The second kappa shape index (κ2) is 6.21. The van der Waals surface area contributed by atoms with E-state index in [1.165, 1.54) is 19.2 Å². The molecule has 0 fully saturated rings. The number of aromatic nitrogens is 2. The average Bonchev–Trinajstić information content (AvgIpc) is 2.94. The van der Waals surface area contributed by atoms with Gasteiger partial charge in [0.15, 0.2) is 5.03 Å². The Balaban J connectivity index is 2.25. The summed E-state index contributed by atoms with van der Waals surface area (Å²) in [6, 6.07) is 9.73. The van der Waals surface area contributed by atoms with Gasteiger partial charge in [-0.1, -0.05) is 0 Å². The SMILES string of the molecule is COc1ccc2c(c1)c(S(=O)(=O)c1ccc(F)cc1)nn2CCN. The molecule has 1 heterocycles. The number of fused-ring (bicyclic) bond motifs is 1. The van der Waals surface area contributed by atoms with Crippen LogP contribution in [0.4, 0.5) is 4.39 Å². The molecule has 3 rings (SSSR count). The summed E-state index contributed by atoms with van der Waals surface area (Å²) in [5, 5.41) is 4.56. The van der Waals surface area contributed by atoms with Crippen LogP contribution in [0.15, 0.2) is 52.4 Å². The van der Waals surface area contributed by atoms with Crippen LogP contribution in [-0.4, -0.2) is 31.9 Å². The van der Waals surface area contributed by atoms with E-state index in [9.17, 15) is 12.8 Å². The van der Waals surface area contributed by atoms with E-state index in [2.05, 4.69) is 5.10 Å². The van der Waals surface area contributed by atoms with E-state index >= 15 is 0 Å². The minimum atomic E-state index is -3.90. The topological polar surface area (TPSA) is 87.2 Å². The molecule has 8 heteroatoms. The molecule has 0 saturated heterocycles. The van der Waals surface area contributed by atoms with E-state index < -0.39 is 15.7 Å². The Kier molecular flexibility index (Phi) is 4.25. The Bertz CT molecular complexity index is 982. The highest BCUT2D eigenvalue weighted by atomic mass is 32.2. The monoisotopic (exact) mass is 349 g/mol. The van der Waals surface area contributed by atoms with E-state index in [0.717, 1.165) is 12.1 Å². The minimum Gasteiger partial charge on any atom is -0.497 e. The summed E-state index contributed by atoms with van der Waals surface area (Å²) in [5.41, 5.74) is 6.22. The van der Waals surface area contributed by atoms with E-state index in [4.69, 9.17) is 10.5 Å². The Morgan fingerprint density at radius 2 is 1.92 bits per heavy atom. The second-order valence-corrected chi connectivity index (χ2v) is 7.02. The van der Waals surface area contributed by atoms with Crippen LogP contribution in [0.5, 0.6) is 5.75 Å². The maximum atomic E-state index is 13.1. The van der Waals surface area contributed by atoms with Gasteiger partial charge in [0, 0.05) is 11.9 Å². The van der Waals surface area contributed by atoms with Crippen LogP contribution in [-0.2, 0) is 16.4 Å². The zero-order chi connectivity index (χ0) is 17.3. The van der Waals surface area contributed by atoms with Crippen molar-refractivity contribution in [3.63, 3.8) is 0 Å². The molecule has 126 valence electrons. The molecule has 2 N–H and O–H groups in total. The first-order chi connectivity index (χ1) is 11.5. The van der Waals surface area contributed by atoms with E-state index in [1.54, 1.807) is 22.9 Å². The molecule has 0 bridgehead atoms. The van der Waals surface area contributed by atoms with Gasteiger partial charge in [-0.15, -0.1) is 0 Å². The minimum absolute atomic E-state index is 0.0222. The van der Waals surface area contributed by atoms with Gasteiger partial charge in [-0.3, -0.25) is 4.68 Å². The van der Waals surface area contributed by atoms with Gasteiger partial charge in [0.2, 0.25) is 9.84 Å². The number of hydrogen-bond donors (Lipinski definition) is 1. The molecule has 0 unspecified atom stereocenters. The zero-order valence-corrected chi connectivity index (χ0v) is 13.8. The molecule has 1 aromatic heterocycles. The van der Waals surface area contributed by atoms with Gasteiger partial charge in [-0.05, 0) is 42.5 Å². The van der Waals surface area contributed by atoms with Crippen molar-refractivity contribution < 1.29 is 17.5 Å². The average molecular weight is 349 g/mol. The lowest BCUT2D eigenvalue weighted by Crippen LogP contribution is -2.12. The lowest BCUT2D eigenvalue weighted by atomic mass is 10.2. The Labute approximate surface area is 138 Å². The standard InChI is InChI=1S/C16H16FN3O3S/c1-23-12-4-7-15-14(10-12)16(19-20(15)9-8-18)24(21,22)13-5-2-11(17)3-6-13/h2-7,10H,8-9,18H2,1H3. The number of hydrogen-bond acceptors (Lipinski definition) is 5. The zero-order valence-electron chi connectivity index (χ0n) is 12.9. The highest BCUT2D eigenvalue weighted by Gasteiger charge is 2.25. The van der Waals surface area contributed by atoms with Crippen molar-refractivity contribution in [1.82, 2.24) is 9.78 Å². The number of benzene rings is 2. The van der Waals surface area contributed by atoms with Crippen molar-refractivity contribution in [2.75, 3.05) is 13.7 Å². The maximum Gasteiger partial charge on any atom is 0.226 e. The van der Waals surface area contributed by atoms with Gasteiger partial charge in [-0.2, -0.15) is 5.10 Å². The van der Waals surface area contributed by atoms with Gasteiger partial charge in [0.25, 0.3) is 0 Å². The normalized spacial score (nSPS) is 11.8. The fraction of sp³-hybridized carbons (Fsp3) is 0.188. The first-order valence-electron chi connectivity index (χ1n) is 7.22. The largest absolute Gasteiger partial charge is 0.497 e. The molecule has 0 amide bonds. The van der Waals surface area contributed by atoms with E-state index in [0.29, 0.717) is 29.7 Å². The highest BCUT2D eigenvalue weighted by molar-refractivity contribution is 7.91. The summed E-state index contributed by atoms with van der Waals surface area (Å²) in [6.45, 7) is 0.695. The van der Waals surface area contributed by atoms with Crippen LogP contribution >= 0.6 is 0 Å². The first kappa shape index (κ1) is 16.4. The molecule has 0 aliphatic carbocycles. The van der Waals surface area contributed by atoms with Crippen molar-refractivity contribution in [3.8, 4) is 5.75 Å². The molecule has 0 radical (unpaired) electrons.